The first kappa shape index (κ1) is 13.6. The topological polar surface area (TPSA) is 40.5 Å². The maximum absolute atomic E-state index is 10.6. The standard InChI is InChI=1S/C14H18BrNO2/c1-16-7-6-11(9-16)12-4-2-10(8-13(12)15)3-5-14(17)18/h2,4,8,11H,3,5-7,9H2,1H3,(H,17,18). The molecule has 1 saturated heterocycles. The number of hydrogen-bond donors (Lipinski definition) is 1. The quantitative estimate of drug-likeness (QED) is 0.929. The zero-order valence-electron chi connectivity index (χ0n) is 10.5. The number of carboxylic acids is 1. The number of benzene rings is 1. The monoisotopic (exact) mass is 311 g/mol. The first-order chi connectivity index (χ1) is 8.56. The van der Waals surface area contributed by atoms with E-state index in [0.29, 0.717) is 12.3 Å². The van der Waals surface area contributed by atoms with Crippen LogP contribution < -0.4 is 0 Å². The zero-order chi connectivity index (χ0) is 13.1. The Hall–Kier alpha value is -0.870. The number of nitrogens with zero attached hydrogens (tertiary/aromatic N) is 1. The fraction of sp³-hybridized carbons (Fsp3) is 0.500. The molecule has 1 aromatic carbocycles. The average molecular weight is 312 g/mol. The van der Waals surface area contributed by atoms with Crippen molar-refractivity contribution in [2.24, 2.45) is 0 Å². The minimum atomic E-state index is -0.743. The van der Waals surface area contributed by atoms with Crippen LogP contribution in [0.1, 0.15) is 29.9 Å². The second kappa shape index (κ2) is 5.85. The second-order valence-electron chi connectivity index (χ2n) is 5.00. The van der Waals surface area contributed by atoms with Gasteiger partial charge >= 0.3 is 5.97 Å². The molecule has 0 saturated carbocycles. The lowest BCUT2D eigenvalue weighted by Gasteiger charge is -2.14. The summed E-state index contributed by atoms with van der Waals surface area (Å²) >= 11 is 3.62. The molecule has 0 radical (unpaired) electrons. The first-order valence-electron chi connectivity index (χ1n) is 6.25. The smallest absolute Gasteiger partial charge is 0.303 e. The lowest BCUT2D eigenvalue weighted by Crippen LogP contribution is -2.13. The third kappa shape index (κ3) is 3.33. The van der Waals surface area contributed by atoms with E-state index in [-0.39, 0.29) is 6.42 Å². The van der Waals surface area contributed by atoms with Crippen LogP contribution in [0.4, 0.5) is 0 Å². The number of carboxylic acid groups (broad SMARTS) is 1. The van der Waals surface area contributed by atoms with Crippen LogP contribution >= 0.6 is 15.9 Å². The summed E-state index contributed by atoms with van der Waals surface area (Å²) in [5, 5.41) is 8.68. The number of halogens is 1. The van der Waals surface area contributed by atoms with Gasteiger partial charge < -0.3 is 10.0 Å². The molecule has 3 nitrogen and oxygen atoms in total. The Morgan fingerprint density at radius 3 is 2.89 bits per heavy atom. The van der Waals surface area contributed by atoms with Gasteiger partial charge in [0.15, 0.2) is 0 Å². The van der Waals surface area contributed by atoms with Gasteiger partial charge in [-0.05, 0) is 49.5 Å². The zero-order valence-corrected chi connectivity index (χ0v) is 12.1. The third-order valence-corrected chi connectivity index (χ3v) is 4.21. The minimum absolute atomic E-state index is 0.192. The van der Waals surface area contributed by atoms with Crippen LogP contribution in [0.2, 0.25) is 0 Å². The van der Waals surface area contributed by atoms with Gasteiger partial charge in [-0.25, -0.2) is 0 Å². The number of rotatable bonds is 4. The fourth-order valence-corrected chi connectivity index (χ4v) is 3.25. The van der Waals surface area contributed by atoms with Crippen molar-refractivity contribution >= 4 is 21.9 Å². The average Bonchev–Trinajstić information content (AvgIpc) is 2.73. The van der Waals surface area contributed by atoms with Gasteiger partial charge in [0.1, 0.15) is 0 Å². The fourth-order valence-electron chi connectivity index (χ4n) is 2.50. The highest BCUT2D eigenvalue weighted by atomic mass is 79.9. The molecule has 1 unspecified atom stereocenters. The molecule has 18 heavy (non-hydrogen) atoms. The van der Waals surface area contributed by atoms with Crippen molar-refractivity contribution in [1.29, 1.82) is 0 Å². The summed E-state index contributed by atoms with van der Waals surface area (Å²) in [6, 6.07) is 6.27. The van der Waals surface area contributed by atoms with Gasteiger partial charge in [-0.1, -0.05) is 28.1 Å². The molecule has 1 aliphatic rings. The molecule has 98 valence electrons. The Morgan fingerprint density at radius 1 is 1.56 bits per heavy atom. The highest BCUT2D eigenvalue weighted by molar-refractivity contribution is 9.10. The maximum Gasteiger partial charge on any atom is 0.303 e. The molecular weight excluding hydrogens is 294 g/mol. The van der Waals surface area contributed by atoms with Crippen molar-refractivity contribution in [3.05, 3.63) is 33.8 Å². The third-order valence-electron chi connectivity index (χ3n) is 3.52. The van der Waals surface area contributed by atoms with Gasteiger partial charge in [0.2, 0.25) is 0 Å². The number of likely N-dealkylation sites (tertiary alicyclic amines) is 1. The van der Waals surface area contributed by atoms with Crippen molar-refractivity contribution < 1.29 is 9.90 Å². The van der Waals surface area contributed by atoms with Gasteiger partial charge in [0, 0.05) is 17.4 Å². The molecule has 1 heterocycles. The SMILES string of the molecule is CN1CCC(c2ccc(CCC(=O)O)cc2Br)C1. The van der Waals surface area contributed by atoms with E-state index in [9.17, 15) is 4.79 Å². The van der Waals surface area contributed by atoms with E-state index in [2.05, 4.69) is 46.1 Å². The highest BCUT2D eigenvalue weighted by Gasteiger charge is 2.22. The summed E-state index contributed by atoms with van der Waals surface area (Å²) in [5.41, 5.74) is 2.43. The second-order valence-corrected chi connectivity index (χ2v) is 5.85. The first-order valence-corrected chi connectivity index (χ1v) is 7.04. The molecule has 2 rings (SSSR count). The van der Waals surface area contributed by atoms with E-state index in [1.807, 2.05) is 0 Å². The van der Waals surface area contributed by atoms with Crippen molar-refractivity contribution in [2.45, 2.75) is 25.2 Å². The highest BCUT2D eigenvalue weighted by Crippen LogP contribution is 2.32. The normalized spacial score (nSPS) is 20.2. The van der Waals surface area contributed by atoms with Crippen molar-refractivity contribution in [2.75, 3.05) is 20.1 Å². The maximum atomic E-state index is 10.6. The lowest BCUT2D eigenvalue weighted by atomic mass is 9.96. The number of aliphatic carboxylic acids is 1. The van der Waals surface area contributed by atoms with Crippen LogP contribution in [0.3, 0.4) is 0 Å². The Labute approximate surface area is 116 Å². The number of carbonyl (C=O) groups is 1. The van der Waals surface area contributed by atoms with E-state index in [1.165, 1.54) is 12.0 Å². The molecule has 1 N–H and O–H groups in total. The van der Waals surface area contributed by atoms with Crippen molar-refractivity contribution in [1.82, 2.24) is 4.90 Å². The Kier molecular flexibility index (Phi) is 4.40. The summed E-state index contributed by atoms with van der Waals surface area (Å²) in [6.45, 7) is 2.25. The number of likely N-dealkylation sites (N-methyl/N-ethyl adjacent to an activating group) is 1. The van der Waals surface area contributed by atoms with Crippen LogP contribution in [0.5, 0.6) is 0 Å². The van der Waals surface area contributed by atoms with Crippen LogP contribution in [0.25, 0.3) is 0 Å². The van der Waals surface area contributed by atoms with E-state index in [1.54, 1.807) is 0 Å². The molecule has 0 amide bonds. The predicted molar refractivity (Wildman–Crippen MR) is 75.0 cm³/mol. The van der Waals surface area contributed by atoms with Crippen LogP contribution in [-0.4, -0.2) is 36.1 Å². The van der Waals surface area contributed by atoms with Gasteiger partial charge in [-0.3, -0.25) is 4.79 Å². The van der Waals surface area contributed by atoms with Gasteiger partial charge in [-0.15, -0.1) is 0 Å². The van der Waals surface area contributed by atoms with E-state index in [4.69, 9.17) is 5.11 Å². The molecule has 0 aliphatic carbocycles. The molecule has 1 aromatic rings. The summed E-state index contributed by atoms with van der Waals surface area (Å²) < 4.78 is 1.12. The van der Waals surface area contributed by atoms with E-state index >= 15 is 0 Å². The molecule has 4 heteroatoms. The molecular formula is C14H18BrNO2. The Bertz CT molecular complexity index is 447. The van der Waals surface area contributed by atoms with Gasteiger partial charge in [0.05, 0.1) is 0 Å². The van der Waals surface area contributed by atoms with E-state index < -0.39 is 5.97 Å². The summed E-state index contributed by atoms with van der Waals surface area (Å²) in [5.74, 6) is -0.148. The van der Waals surface area contributed by atoms with E-state index in [0.717, 1.165) is 23.1 Å². The largest absolute Gasteiger partial charge is 0.481 e. The van der Waals surface area contributed by atoms with Gasteiger partial charge in [-0.2, -0.15) is 0 Å². The molecule has 0 bridgehead atoms. The Morgan fingerprint density at radius 2 is 2.33 bits per heavy atom. The van der Waals surface area contributed by atoms with Crippen molar-refractivity contribution in [3.8, 4) is 0 Å². The molecule has 0 aromatic heterocycles. The summed E-state index contributed by atoms with van der Waals surface area (Å²) in [4.78, 5) is 12.9. The minimum Gasteiger partial charge on any atom is -0.481 e. The molecule has 1 atom stereocenters. The lowest BCUT2D eigenvalue weighted by molar-refractivity contribution is -0.136. The van der Waals surface area contributed by atoms with Crippen LogP contribution in [0, 0.1) is 0 Å². The predicted octanol–water partition coefficient (Wildman–Crippen LogP) is 2.89. The Balaban J connectivity index is 2.07. The molecule has 1 fully saturated rings. The molecule has 1 aliphatic heterocycles. The molecule has 0 spiro atoms. The van der Waals surface area contributed by atoms with Crippen LogP contribution in [-0.2, 0) is 11.2 Å². The number of aryl methyl sites for hydroxylation is 1. The van der Waals surface area contributed by atoms with Crippen molar-refractivity contribution in [3.63, 3.8) is 0 Å². The summed E-state index contributed by atoms with van der Waals surface area (Å²) in [6.07, 6.45) is 1.99. The number of hydrogen-bond acceptors (Lipinski definition) is 2. The van der Waals surface area contributed by atoms with Crippen LogP contribution in [0.15, 0.2) is 22.7 Å². The van der Waals surface area contributed by atoms with Gasteiger partial charge in [0.25, 0.3) is 0 Å². The summed E-state index contributed by atoms with van der Waals surface area (Å²) in [7, 11) is 2.15.